The first-order valence-corrected chi connectivity index (χ1v) is 9.67. The molecular weight excluding hydrogens is 336 g/mol. The minimum absolute atomic E-state index is 0.00169. The van der Waals surface area contributed by atoms with Crippen molar-refractivity contribution in [2.45, 2.75) is 37.4 Å². The molecule has 2 aromatic rings. The molecule has 2 fully saturated rings. The molecular formula is C19H22N2O3S. The largest absolute Gasteiger partial charge is 0.472 e. The number of pyridine rings is 1. The fourth-order valence-electron chi connectivity index (χ4n) is 3.74. The molecule has 2 aliphatic rings. The number of carbonyl (C=O) groups is 1. The minimum Gasteiger partial charge on any atom is -0.472 e. The monoisotopic (exact) mass is 358 g/mol. The second-order valence-corrected chi connectivity index (χ2v) is 7.61. The van der Waals surface area contributed by atoms with E-state index in [0.717, 1.165) is 31.4 Å². The van der Waals surface area contributed by atoms with Crippen molar-refractivity contribution in [2.24, 2.45) is 0 Å². The highest BCUT2D eigenvalue weighted by atomic mass is 32.1. The van der Waals surface area contributed by atoms with Crippen LogP contribution in [-0.2, 0) is 16.0 Å². The van der Waals surface area contributed by atoms with Gasteiger partial charge in [0.15, 0.2) is 0 Å². The van der Waals surface area contributed by atoms with Gasteiger partial charge in [0.2, 0.25) is 11.8 Å². The number of nitrogens with zero attached hydrogens (tertiary/aromatic N) is 2. The lowest BCUT2D eigenvalue weighted by Crippen LogP contribution is -2.50. The average molecular weight is 358 g/mol. The van der Waals surface area contributed by atoms with Gasteiger partial charge in [0.1, 0.15) is 6.10 Å². The van der Waals surface area contributed by atoms with Crippen molar-refractivity contribution in [3.8, 4) is 5.88 Å². The molecule has 6 heteroatoms. The molecule has 0 saturated carbocycles. The second-order valence-electron chi connectivity index (χ2n) is 6.83. The van der Waals surface area contributed by atoms with Gasteiger partial charge in [0.05, 0.1) is 18.6 Å². The first-order valence-electron chi connectivity index (χ1n) is 8.73. The Hall–Kier alpha value is -1.92. The van der Waals surface area contributed by atoms with E-state index in [1.54, 1.807) is 17.5 Å². The van der Waals surface area contributed by atoms with Crippen LogP contribution in [0.4, 0.5) is 0 Å². The molecule has 1 spiro atoms. The Balaban J connectivity index is 1.36. The van der Waals surface area contributed by atoms with Crippen LogP contribution in [0.2, 0.25) is 0 Å². The van der Waals surface area contributed by atoms with Gasteiger partial charge >= 0.3 is 0 Å². The van der Waals surface area contributed by atoms with Crippen LogP contribution in [0.15, 0.2) is 41.2 Å². The van der Waals surface area contributed by atoms with Gasteiger partial charge in [0.25, 0.3) is 0 Å². The molecule has 0 N–H and O–H groups in total. The lowest BCUT2D eigenvalue weighted by molar-refractivity contribution is -0.138. The molecule has 1 amide bonds. The molecule has 0 aliphatic carbocycles. The second kappa shape index (κ2) is 7.14. The molecule has 5 nitrogen and oxygen atoms in total. The van der Waals surface area contributed by atoms with E-state index in [1.807, 2.05) is 39.9 Å². The molecule has 2 aromatic heterocycles. The van der Waals surface area contributed by atoms with E-state index in [9.17, 15) is 4.79 Å². The number of aromatic nitrogens is 1. The molecule has 132 valence electrons. The van der Waals surface area contributed by atoms with Crippen LogP contribution < -0.4 is 4.74 Å². The molecule has 2 saturated heterocycles. The fraction of sp³-hybridized carbons (Fsp3) is 0.474. The Morgan fingerprint density at radius 1 is 1.44 bits per heavy atom. The highest BCUT2D eigenvalue weighted by Crippen LogP contribution is 2.36. The molecule has 4 heterocycles. The average Bonchev–Trinajstić information content (AvgIpc) is 3.26. The molecule has 2 aliphatic heterocycles. The van der Waals surface area contributed by atoms with Crippen molar-refractivity contribution in [1.82, 2.24) is 9.88 Å². The molecule has 0 aromatic carbocycles. The van der Waals surface area contributed by atoms with Crippen molar-refractivity contribution in [3.63, 3.8) is 0 Å². The van der Waals surface area contributed by atoms with Crippen LogP contribution in [0.5, 0.6) is 5.88 Å². The van der Waals surface area contributed by atoms with Crippen LogP contribution >= 0.6 is 11.3 Å². The number of piperidine rings is 1. The summed E-state index contributed by atoms with van der Waals surface area (Å²) in [6.07, 6.45) is 4.98. The summed E-state index contributed by atoms with van der Waals surface area (Å²) in [5.41, 5.74) is 0.834. The van der Waals surface area contributed by atoms with Gasteiger partial charge in [-0.25, -0.2) is 4.98 Å². The van der Waals surface area contributed by atoms with Gasteiger partial charge in [0, 0.05) is 31.8 Å². The maximum absolute atomic E-state index is 12.6. The van der Waals surface area contributed by atoms with E-state index in [-0.39, 0.29) is 17.6 Å². The molecule has 25 heavy (non-hydrogen) atoms. The molecule has 0 radical (unpaired) electrons. The van der Waals surface area contributed by atoms with Crippen LogP contribution in [-0.4, -0.2) is 47.2 Å². The summed E-state index contributed by atoms with van der Waals surface area (Å²) in [6.45, 7) is 2.04. The standard InChI is InChI=1S/C19H22N2O3S/c22-18(10-15-5-9-25-13-15)21-8-3-6-19(14-21)11-16(12-23-19)24-17-4-1-2-7-20-17/h1-2,4-5,7,9,13,16H,3,6,8,10-12,14H2/t16-,19-/m0/s1. The normalized spacial score (nSPS) is 26.1. The van der Waals surface area contributed by atoms with E-state index in [0.29, 0.717) is 25.5 Å². The highest BCUT2D eigenvalue weighted by Gasteiger charge is 2.45. The van der Waals surface area contributed by atoms with Crippen molar-refractivity contribution < 1.29 is 14.3 Å². The number of likely N-dealkylation sites (tertiary alicyclic amines) is 1. The predicted molar refractivity (Wildman–Crippen MR) is 95.8 cm³/mol. The quantitative estimate of drug-likeness (QED) is 0.843. The van der Waals surface area contributed by atoms with Crippen molar-refractivity contribution >= 4 is 17.2 Å². The van der Waals surface area contributed by atoms with Crippen LogP contribution in [0.3, 0.4) is 0 Å². The lowest BCUT2D eigenvalue weighted by Gasteiger charge is -2.39. The topological polar surface area (TPSA) is 51.7 Å². The summed E-state index contributed by atoms with van der Waals surface area (Å²) >= 11 is 1.63. The molecule has 4 rings (SSSR count). The summed E-state index contributed by atoms with van der Waals surface area (Å²) in [4.78, 5) is 18.8. The van der Waals surface area contributed by atoms with Gasteiger partial charge < -0.3 is 14.4 Å². The smallest absolute Gasteiger partial charge is 0.227 e. The number of hydrogen-bond donors (Lipinski definition) is 0. The van der Waals surface area contributed by atoms with E-state index in [2.05, 4.69) is 4.98 Å². The summed E-state index contributed by atoms with van der Waals surface area (Å²) in [6, 6.07) is 7.67. The molecule has 0 unspecified atom stereocenters. The highest BCUT2D eigenvalue weighted by molar-refractivity contribution is 7.08. The van der Waals surface area contributed by atoms with Gasteiger partial charge in [-0.3, -0.25) is 4.79 Å². The predicted octanol–water partition coefficient (Wildman–Crippen LogP) is 2.91. The zero-order chi connectivity index (χ0) is 17.1. The molecule has 0 bridgehead atoms. The minimum atomic E-state index is -0.262. The van der Waals surface area contributed by atoms with E-state index in [1.165, 1.54) is 0 Å². The Kier molecular flexibility index (Phi) is 4.72. The zero-order valence-electron chi connectivity index (χ0n) is 14.1. The third-order valence-electron chi connectivity index (χ3n) is 4.93. The van der Waals surface area contributed by atoms with Gasteiger partial charge in [-0.2, -0.15) is 11.3 Å². The van der Waals surface area contributed by atoms with E-state index >= 15 is 0 Å². The van der Waals surface area contributed by atoms with Crippen LogP contribution in [0, 0.1) is 0 Å². The summed E-state index contributed by atoms with van der Waals surface area (Å²) in [7, 11) is 0. The third kappa shape index (κ3) is 3.85. The Labute approximate surface area is 151 Å². The Morgan fingerprint density at radius 2 is 2.40 bits per heavy atom. The van der Waals surface area contributed by atoms with Crippen LogP contribution in [0.1, 0.15) is 24.8 Å². The van der Waals surface area contributed by atoms with E-state index < -0.39 is 0 Å². The fourth-order valence-corrected chi connectivity index (χ4v) is 4.41. The summed E-state index contributed by atoms with van der Waals surface area (Å²) in [5.74, 6) is 0.824. The van der Waals surface area contributed by atoms with Gasteiger partial charge in [-0.15, -0.1) is 0 Å². The maximum Gasteiger partial charge on any atom is 0.227 e. The zero-order valence-corrected chi connectivity index (χ0v) is 14.9. The number of ether oxygens (including phenoxy) is 2. The maximum atomic E-state index is 12.6. The Morgan fingerprint density at radius 3 is 3.20 bits per heavy atom. The SMILES string of the molecule is O=C(Cc1ccsc1)N1CCC[C@]2(C[C@H](Oc3ccccn3)CO2)C1. The number of amides is 1. The van der Waals surface area contributed by atoms with Gasteiger partial charge in [-0.1, -0.05) is 6.07 Å². The number of rotatable bonds is 4. The lowest BCUT2D eigenvalue weighted by atomic mass is 9.89. The van der Waals surface area contributed by atoms with Crippen molar-refractivity contribution in [2.75, 3.05) is 19.7 Å². The molecule has 2 atom stereocenters. The summed E-state index contributed by atoms with van der Waals surface area (Å²) in [5, 5.41) is 4.06. The van der Waals surface area contributed by atoms with E-state index in [4.69, 9.17) is 9.47 Å². The van der Waals surface area contributed by atoms with Gasteiger partial charge in [-0.05, 0) is 41.3 Å². The first-order chi connectivity index (χ1) is 12.2. The summed E-state index contributed by atoms with van der Waals surface area (Å²) < 4.78 is 12.1. The number of hydrogen-bond acceptors (Lipinski definition) is 5. The third-order valence-corrected chi connectivity index (χ3v) is 5.66. The number of carbonyl (C=O) groups excluding carboxylic acids is 1. The van der Waals surface area contributed by atoms with Crippen molar-refractivity contribution in [3.05, 3.63) is 46.8 Å². The van der Waals surface area contributed by atoms with Crippen molar-refractivity contribution in [1.29, 1.82) is 0 Å². The Bertz CT molecular complexity index is 707. The number of thiophene rings is 1. The van der Waals surface area contributed by atoms with Crippen LogP contribution in [0.25, 0.3) is 0 Å². The first kappa shape index (κ1) is 16.5.